The van der Waals surface area contributed by atoms with Gasteiger partial charge in [0.2, 0.25) is 0 Å². The largest absolute Gasteiger partial charge is 0.332 e. The third kappa shape index (κ3) is 2.18. The third-order valence-electron chi connectivity index (χ3n) is 0.756. The average molecular weight is 188 g/mol. The highest BCUT2D eigenvalue weighted by atomic mass is 35.5. The molecule has 0 bridgehead atoms. The van der Waals surface area contributed by atoms with Crippen molar-refractivity contribution >= 4 is 40.1 Å². The molecular weight excluding hydrogens is 184 g/mol. The molecule has 0 amide bonds. The monoisotopic (exact) mass is 187 g/mol. The lowest BCUT2D eigenvalue weighted by atomic mass is 10.8. The van der Waals surface area contributed by atoms with Crippen molar-refractivity contribution in [1.82, 2.24) is 10.6 Å². The molecule has 1 heterocycles. The van der Waals surface area contributed by atoms with Crippen LogP contribution >= 0.6 is 34.8 Å². The Bertz CT molecular complexity index is 136. The smallest absolute Gasteiger partial charge is 0.196 e. The van der Waals surface area contributed by atoms with E-state index in [0.717, 1.165) is 0 Å². The molecule has 2 atom stereocenters. The molecule has 1 rings (SSSR count). The van der Waals surface area contributed by atoms with E-state index < -0.39 is 11.2 Å². The average Bonchev–Trinajstić information content (AvgIpc) is 1.59. The molecule has 0 aromatic carbocycles. The molecule has 3 nitrogen and oxygen atoms in total. The fourth-order valence-corrected chi connectivity index (χ4v) is 1.26. The van der Waals surface area contributed by atoms with Gasteiger partial charge < -0.3 is 5.32 Å². The molecule has 0 saturated heterocycles. The van der Waals surface area contributed by atoms with Crippen LogP contribution in [-0.2, 0) is 0 Å². The lowest BCUT2D eigenvalue weighted by Crippen LogP contribution is -2.47. The highest BCUT2D eigenvalue weighted by molar-refractivity contribution is 6.65. The summed E-state index contributed by atoms with van der Waals surface area (Å²) >= 11 is 16.5. The maximum Gasteiger partial charge on any atom is 0.196 e. The summed E-state index contributed by atoms with van der Waals surface area (Å²) in [6.45, 7) is 0. The molecule has 6 heteroatoms. The second-order valence-corrected chi connectivity index (χ2v) is 2.64. The van der Waals surface area contributed by atoms with Crippen molar-refractivity contribution in [3.05, 3.63) is 0 Å². The Labute approximate surface area is 67.4 Å². The standard InChI is InChI=1S/C3H4Cl3N3/c4-1-7-2(5)9-3(6)8-1/h1-2,7H,(H,8,9). The van der Waals surface area contributed by atoms with Gasteiger partial charge in [-0.15, -0.1) is 0 Å². The summed E-state index contributed by atoms with van der Waals surface area (Å²) < 4.78 is 0. The molecule has 0 aliphatic carbocycles. The summed E-state index contributed by atoms with van der Waals surface area (Å²) in [5.74, 6) is 0. The first-order valence-electron chi connectivity index (χ1n) is 2.22. The van der Waals surface area contributed by atoms with Crippen LogP contribution < -0.4 is 10.6 Å². The van der Waals surface area contributed by atoms with E-state index in [4.69, 9.17) is 34.8 Å². The molecule has 2 unspecified atom stereocenters. The molecule has 1 aliphatic rings. The third-order valence-corrected chi connectivity index (χ3v) is 1.42. The second kappa shape index (κ2) is 2.92. The first kappa shape index (κ1) is 7.41. The van der Waals surface area contributed by atoms with Crippen molar-refractivity contribution in [2.45, 2.75) is 11.2 Å². The van der Waals surface area contributed by atoms with Crippen LogP contribution in [-0.4, -0.2) is 16.5 Å². The van der Waals surface area contributed by atoms with Gasteiger partial charge in [-0.25, -0.2) is 10.3 Å². The number of amidine groups is 1. The second-order valence-electron chi connectivity index (χ2n) is 1.43. The summed E-state index contributed by atoms with van der Waals surface area (Å²) in [4.78, 5) is 3.67. The van der Waals surface area contributed by atoms with Crippen molar-refractivity contribution in [2.75, 3.05) is 0 Å². The zero-order valence-corrected chi connectivity index (χ0v) is 6.50. The molecule has 0 fully saturated rings. The van der Waals surface area contributed by atoms with E-state index in [0.29, 0.717) is 0 Å². The SMILES string of the molecule is ClC1=NC(Cl)NC(Cl)N1. The molecule has 0 radical (unpaired) electrons. The Hall–Kier alpha value is 0.300. The number of halogens is 3. The van der Waals surface area contributed by atoms with E-state index in [1.165, 1.54) is 0 Å². The summed E-state index contributed by atoms with van der Waals surface area (Å²) in [6.07, 6.45) is 0. The first-order chi connectivity index (χ1) is 4.18. The fraction of sp³-hybridized carbons (Fsp3) is 0.667. The van der Waals surface area contributed by atoms with Crippen LogP contribution in [0.25, 0.3) is 0 Å². The minimum Gasteiger partial charge on any atom is -0.332 e. The number of alkyl halides is 2. The molecule has 0 aromatic rings. The van der Waals surface area contributed by atoms with Crippen LogP contribution in [0.5, 0.6) is 0 Å². The van der Waals surface area contributed by atoms with Gasteiger partial charge in [0.15, 0.2) is 16.5 Å². The van der Waals surface area contributed by atoms with Crippen LogP contribution in [0.2, 0.25) is 0 Å². The van der Waals surface area contributed by atoms with E-state index in [1.54, 1.807) is 0 Å². The fourth-order valence-electron chi connectivity index (χ4n) is 0.441. The van der Waals surface area contributed by atoms with Gasteiger partial charge in [-0.3, -0.25) is 0 Å². The molecule has 1 aliphatic heterocycles. The summed E-state index contributed by atoms with van der Waals surface area (Å²) in [6, 6.07) is 0. The number of hydrogen-bond donors (Lipinski definition) is 2. The minimum atomic E-state index is -0.527. The lowest BCUT2D eigenvalue weighted by Gasteiger charge is -2.20. The molecule has 0 saturated carbocycles. The van der Waals surface area contributed by atoms with Crippen LogP contribution in [0, 0.1) is 0 Å². The maximum atomic E-state index is 5.53. The lowest BCUT2D eigenvalue weighted by molar-refractivity contribution is 0.566. The summed E-state index contributed by atoms with van der Waals surface area (Å²) in [5, 5.41) is 5.48. The number of nitrogens with zero attached hydrogens (tertiary/aromatic N) is 1. The van der Waals surface area contributed by atoms with E-state index >= 15 is 0 Å². The Morgan fingerprint density at radius 1 is 1.44 bits per heavy atom. The van der Waals surface area contributed by atoms with E-state index in [1.807, 2.05) is 0 Å². The van der Waals surface area contributed by atoms with Gasteiger partial charge in [0.05, 0.1) is 0 Å². The molecule has 0 aromatic heterocycles. The van der Waals surface area contributed by atoms with Crippen molar-refractivity contribution in [3.63, 3.8) is 0 Å². The van der Waals surface area contributed by atoms with Crippen LogP contribution in [0.15, 0.2) is 4.99 Å². The van der Waals surface area contributed by atoms with Crippen molar-refractivity contribution < 1.29 is 0 Å². The Balaban J connectivity index is 2.56. The number of rotatable bonds is 0. The van der Waals surface area contributed by atoms with Gasteiger partial charge in [-0.1, -0.05) is 23.2 Å². The van der Waals surface area contributed by atoms with Gasteiger partial charge in [-0.2, -0.15) is 0 Å². The Morgan fingerprint density at radius 3 is 2.56 bits per heavy atom. The quantitative estimate of drug-likeness (QED) is 0.436. The molecule has 2 N–H and O–H groups in total. The number of hydrogen-bond acceptors (Lipinski definition) is 3. The predicted octanol–water partition coefficient (Wildman–Crippen LogP) is 0.819. The van der Waals surface area contributed by atoms with Gasteiger partial charge in [-0.05, 0) is 11.6 Å². The summed E-state index contributed by atoms with van der Waals surface area (Å²) in [5.41, 5.74) is -0.959. The Kier molecular flexibility index (Phi) is 2.41. The molecular formula is C3H4Cl3N3. The van der Waals surface area contributed by atoms with E-state index in [-0.39, 0.29) is 5.29 Å². The molecule has 0 spiro atoms. The molecule has 52 valence electrons. The van der Waals surface area contributed by atoms with Crippen LogP contribution in [0.1, 0.15) is 0 Å². The molecule has 9 heavy (non-hydrogen) atoms. The first-order valence-corrected chi connectivity index (χ1v) is 3.47. The van der Waals surface area contributed by atoms with Gasteiger partial charge in [0.1, 0.15) is 0 Å². The van der Waals surface area contributed by atoms with Gasteiger partial charge >= 0.3 is 0 Å². The van der Waals surface area contributed by atoms with Gasteiger partial charge in [0.25, 0.3) is 0 Å². The summed E-state index contributed by atoms with van der Waals surface area (Å²) in [7, 11) is 0. The topological polar surface area (TPSA) is 36.4 Å². The van der Waals surface area contributed by atoms with Crippen molar-refractivity contribution in [1.29, 1.82) is 0 Å². The zero-order valence-electron chi connectivity index (χ0n) is 4.24. The van der Waals surface area contributed by atoms with E-state index in [9.17, 15) is 0 Å². The zero-order chi connectivity index (χ0) is 6.85. The highest BCUT2D eigenvalue weighted by Gasteiger charge is 2.15. The van der Waals surface area contributed by atoms with Crippen LogP contribution in [0.3, 0.4) is 0 Å². The predicted molar refractivity (Wildman–Crippen MR) is 38.8 cm³/mol. The minimum absolute atomic E-state index is 0.230. The van der Waals surface area contributed by atoms with Crippen molar-refractivity contribution in [3.8, 4) is 0 Å². The van der Waals surface area contributed by atoms with E-state index in [2.05, 4.69) is 15.6 Å². The van der Waals surface area contributed by atoms with Crippen molar-refractivity contribution in [2.24, 2.45) is 4.99 Å². The number of aliphatic imine (C=N–C) groups is 1. The number of nitrogens with one attached hydrogen (secondary N) is 2. The Morgan fingerprint density at radius 2 is 2.11 bits per heavy atom. The maximum absolute atomic E-state index is 5.53. The van der Waals surface area contributed by atoms with Crippen LogP contribution in [0.4, 0.5) is 0 Å². The highest BCUT2D eigenvalue weighted by Crippen LogP contribution is 2.04. The normalized spacial score (nSPS) is 35.2. The van der Waals surface area contributed by atoms with Gasteiger partial charge in [0, 0.05) is 0 Å².